The Bertz CT molecular complexity index is 462. The van der Waals surface area contributed by atoms with Gasteiger partial charge in [-0.25, -0.2) is 0 Å². The van der Waals surface area contributed by atoms with E-state index >= 15 is 0 Å². The number of benzene rings is 1. The Morgan fingerprint density at radius 2 is 2.36 bits per heavy atom. The number of aliphatic hydroxyl groups excluding tert-OH is 1. The molecule has 0 amide bonds. The lowest BCUT2D eigenvalue weighted by atomic mass is 10.1. The second-order valence-electron chi connectivity index (χ2n) is 2.90. The van der Waals surface area contributed by atoms with Crippen molar-refractivity contribution >= 4 is 45.8 Å². The molecule has 0 aliphatic carbocycles. The first-order valence-corrected chi connectivity index (χ1v) is 6.70. The molecule has 1 heterocycles. The van der Waals surface area contributed by atoms with Crippen molar-refractivity contribution in [1.29, 1.82) is 0 Å². The number of rotatable bonds is 2. The van der Waals surface area contributed by atoms with Gasteiger partial charge in [-0.15, -0.1) is 35.7 Å². The molecule has 2 aromatic rings. The maximum Gasteiger partial charge on any atom is 0.0699 e. The van der Waals surface area contributed by atoms with Crippen molar-refractivity contribution in [2.45, 2.75) is 16.4 Å². The van der Waals surface area contributed by atoms with Crippen LogP contribution in [0.25, 0.3) is 10.1 Å². The van der Waals surface area contributed by atoms with Gasteiger partial charge in [0.1, 0.15) is 0 Å². The van der Waals surface area contributed by atoms with E-state index in [1.54, 1.807) is 23.1 Å². The SMILES string of the molecule is CSc1cc(S)c(CO)c2ccsc12. The quantitative estimate of drug-likeness (QED) is 0.622. The van der Waals surface area contributed by atoms with E-state index in [1.165, 1.54) is 9.60 Å². The van der Waals surface area contributed by atoms with E-state index in [4.69, 9.17) is 0 Å². The Balaban J connectivity index is 2.81. The molecular formula is C10H10OS3. The van der Waals surface area contributed by atoms with Gasteiger partial charge in [-0.05, 0) is 29.3 Å². The summed E-state index contributed by atoms with van der Waals surface area (Å²) >= 11 is 7.81. The maximum absolute atomic E-state index is 9.25. The van der Waals surface area contributed by atoms with Crippen LogP contribution in [0, 0.1) is 0 Å². The normalized spacial score (nSPS) is 11.1. The minimum Gasteiger partial charge on any atom is -0.392 e. The summed E-state index contributed by atoms with van der Waals surface area (Å²) in [5.41, 5.74) is 0.933. The average molecular weight is 242 g/mol. The van der Waals surface area contributed by atoms with Crippen LogP contribution in [0.4, 0.5) is 0 Å². The van der Waals surface area contributed by atoms with Crippen LogP contribution in [0.1, 0.15) is 5.56 Å². The number of hydrogen-bond acceptors (Lipinski definition) is 4. The first kappa shape index (κ1) is 10.4. The number of thiophene rings is 1. The standard InChI is InChI=1S/C10H10OS3/c1-13-9-4-8(12)7(5-11)6-2-3-14-10(6)9/h2-4,11-12H,5H2,1H3. The van der Waals surface area contributed by atoms with E-state index in [0.29, 0.717) is 0 Å². The molecule has 0 radical (unpaired) electrons. The Morgan fingerprint density at radius 3 is 3.00 bits per heavy atom. The van der Waals surface area contributed by atoms with Crippen molar-refractivity contribution in [2.24, 2.45) is 0 Å². The molecule has 0 fully saturated rings. The van der Waals surface area contributed by atoms with Crippen molar-refractivity contribution in [3.05, 3.63) is 23.1 Å². The third kappa shape index (κ3) is 1.56. The molecule has 0 bridgehead atoms. The van der Waals surface area contributed by atoms with Gasteiger partial charge in [0.05, 0.1) is 6.61 Å². The highest BCUT2D eigenvalue weighted by atomic mass is 32.2. The van der Waals surface area contributed by atoms with E-state index < -0.39 is 0 Å². The fraction of sp³-hybridized carbons (Fsp3) is 0.200. The van der Waals surface area contributed by atoms with Gasteiger partial charge in [0.2, 0.25) is 0 Å². The Morgan fingerprint density at radius 1 is 1.57 bits per heavy atom. The summed E-state index contributed by atoms with van der Waals surface area (Å²) in [6.07, 6.45) is 2.06. The zero-order valence-electron chi connectivity index (χ0n) is 7.65. The summed E-state index contributed by atoms with van der Waals surface area (Å²) in [4.78, 5) is 2.11. The molecule has 0 atom stereocenters. The monoisotopic (exact) mass is 242 g/mol. The number of aliphatic hydroxyl groups is 1. The first-order chi connectivity index (χ1) is 6.77. The van der Waals surface area contributed by atoms with E-state index in [1.807, 2.05) is 12.1 Å². The molecule has 0 saturated carbocycles. The lowest BCUT2D eigenvalue weighted by molar-refractivity contribution is 0.280. The molecule has 1 N–H and O–H groups in total. The Hall–Kier alpha value is -0.160. The van der Waals surface area contributed by atoms with E-state index in [-0.39, 0.29) is 6.61 Å². The zero-order chi connectivity index (χ0) is 10.1. The van der Waals surface area contributed by atoms with Gasteiger partial charge in [0.25, 0.3) is 0 Å². The third-order valence-corrected chi connectivity index (χ3v) is 4.41. The van der Waals surface area contributed by atoms with E-state index in [0.717, 1.165) is 15.8 Å². The van der Waals surface area contributed by atoms with E-state index in [2.05, 4.69) is 24.3 Å². The summed E-state index contributed by atoms with van der Waals surface area (Å²) in [6.45, 7) is 0.0563. The molecule has 0 aliphatic heterocycles. The molecule has 0 spiro atoms. The fourth-order valence-corrected chi connectivity index (χ4v) is 3.64. The molecule has 74 valence electrons. The summed E-state index contributed by atoms with van der Waals surface area (Å²) in [5.74, 6) is 0. The van der Waals surface area contributed by atoms with Crippen LogP contribution in [-0.4, -0.2) is 11.4 Å². The highest BCUT2D eigenvalue weighted by Gasteiger charge is 2.09. The Kier molecular flexibility index (Phi) is 3.07. The molecule has 0 aliphatic rings. The van der Waals surface area contributed by atoms with Crippen LogP contribution in [0.3, 0.4) is 0 Å². The summed E-state index contributed by atoms with van der Waals surface area (Å²) in [7, 11) is 0. The summed E-state index contributed by atoms with van der Waals surface area (Å²) < 4.78 is 1.25. The molecule has 0 unspecified atom stereocenters. The van der Waals surface area contributed by atoms with Gasteiger partial charge >= 0.3 is 0 Å². The second-order valence-corrected chi connectivity index (χ2v) is 5.14. The lowest BCUT2D eigenvalue weighted by Crippen LogP contribution is -1.87. The fourth-order valence-electron chi connectivity index (χ4n) is 1.47. The molecule has 2 rings (SSSR count). The van der Waals surface area contributed by atoms with Crippen LogP contribution in [-0.2, 0) is 6.61 Å². The topological polar surface area (TPSA) is 20.2 Å². The lowest BCUT2D eigenvalue weighted by Gasteiger charge is -2.07. The molecular weight excluding hydrogens is 232 g/mol. The average Bonchev–Trinajstić information content (AvgIpc) is 2.65. The van der Waals surface area contributed by atoms with Crippen LogP contribution < -0.4 is 0 Å². The minimum absolute atomic E-state index is 0.0563. The van der Waals surface area contributed by atoms with Crippen molar-refractivity contribution in [1.82, 2.24) is 0 Å². The highest BCUT2D eigenvalue weighted by molar-refractivity contribution is 7.99. The van der Waals surface area contributed by atoms with Crippen LogP contribution in [0.2, 0.25) is 0 Å². The zero-order valence-corrected chi connectivity index (χ0v) is 10.2. The van der Waals surface area contributed by atoms with Crippen LogP contribution in [0.15, 0.2) is 27.3 Å². The van der Waals surface area contributed by atoms with Crippen LogP contribution >= 0.6 is 35.7 Å². The third-order valence-electron chi connectivity index (χ3n) is 2.17. The predicted octanol–water partition coefficient (Wildman–Crippen LogP) is 3.40. The Labute approximate surface area is 96.6 Å². The number of fused-ring (bicyclic) bond motifs is 1. The van der Waals surface area contributed by atoms with Gasteiger partial charge in [0.15, 0.2) is 0 Å². The smallest absolute Gasteiger partial charge is 0.0699 e. The van der Waals surface area contributed by atoms with Crippen molar-refractivity contribution in [3.8, 4) is 0 Å². The molecule has 14 heavy (non-hydrogen) atoms. The van der Waals surface area contributed by atoms with Gasteiger partial charge in [-0.3, -0.25) is 0 Å². The summed E-state index contributed by atoms with van der Waals surface area (Å²) in [5, 5.41) is 12.4. The van der Waals surface area contributed by atoms with Gasteiger partial charge in [-0.1, -0.05) is 0 Å². The molecule has 4 heteroatoms. The maximum atomic E-state index is 9.25. The highest BCUT2D eigenvalue weighted by Crippen LogP contribution is 2.36. The van der Waals surface area contributed by atoms with Crippen molar-refractivity contribution in [2.75, 3.05) is 6.26 Å². The molecule has 1 nitrogen and oxygen atoms in total. The number of hydrogen-bond donors (Lipinski definition) is 2. The van der Waals surface area contributed by atoms with Crippen molar-refractivity contribution < 1.29 is 5.11 Å². The minimum atomic E-state index is 0.0563. The predicted molar refractivity (Wildman–Crippen MR) is 66.8 cm³/mol. The van der Waals surface area contributed by atoms with Gasteiger partial charge in [-0.2, -0.15) is 0 Å². The van der Waals surface area contributed by atoms with E-state index in [9.17, 15) is 5.11 Å². The van der Waals surface area contributed by atoms with Crippen molar-refractivity contribution in [3.63, 3.8) is 0 Å². The largest absolute Gasteiger partial charge is 0.392 e. The summed E-state index contributed by atoms with van der Waals surface area (Å²) in [6, 6.07) is 4.07. The van der Waals surface area contributed by atoms with Gasteiger partial charge in [0, 0.05) is 19.9 Å². The number of thiol groups is 1. The molecule has 0 saturated heterocycles. The molecule has 1 aromatic carbocycles. The first-order valence-electron chi connectivity index (χ1n) is 4.14. The van der Waals surface area contributed by atoms with Crippen LogP contribution in [0.5, 0.6) is 0 Å². The van der Waals surface area contributed by atoms with Gasteiger partial charge < -0.3 is 5.11 Å². The second kappa shape index (κ2) is 4.14. The number of thioether (sulfide) groups is 1. The molecule has 1 aromatic heterocycles.